The smallest absolute Gasteiger partial charge is 0.247 e. The van der Waals surface area contributed by atoms with Crippen LogP contribution in [0, 0.1) is 12.0 Å². The van der Waals surface area contributed by atoms with E-state index in [1.54, 1.807) is 24.4 Å². The van der Waals surface area contributed by atoms with Gasteiger partial charge < -0.3 is 31.2 Å². The van der Waals surface area contributed by atoms with Gasteiger partial charge in [-0.1, -0.05) is 17.7 Å². The number of piperidine rings is 1. The molecular weight excluding hydrogens is 504 g/mol. The number of nitrogens with zero attached hydrogens (tertiary/aromatic N) is 2. The summed E-state index contributed by atoms with van der Waals surface area (Å²) in [4.78, 5) is 21.0. The molecule has 1 aromatic heterocycles. The molecule has 5 N–H and O–H groups in total. The van der Waals surface area contributed by atoms with Gasteiger partial charge in [0.25, 0.3) is 0 Å². The minimum absolute atomic E-state index is 0.0498. The molecule has 10 heteroatoms. The molecule has 38 heavy (non-hydrogen) atoms. The number of fused-ring (bicyclic) bond motifs is 1. The quantitative estimate of drug-likeness (QED) is 0.340. The standard InChI is InChI=1S/C28H30ClN6O3/c1-17(18-9-12-31-13-10-18)38-21-6-7-22-24(15-21)34-28(35-26(22)27(30)36)33-19-5-8-25(23(29)14-19)37-16-20-4-2-3-11-32-20/h2-5,7-8,11,14-15,17-18,26,31H,9-10,12-13,16H2,1H3,(H2,30,36)(H2,33,34,35). The van der Waals surface area contributed by atoms with Gasteiger partial charge in [0.05, 0.1) is 22.5 Å². The summed E-state index contributed by atoms with van der Waals surface area (Å²) in [5.74, 6) is 1.41. The Balaban J connectivity index is 1.28. The lowest BCUT2D eigenvalue weighted by molar-refractivity contribution is -0.119. The van der Waals surface area contributed by atoms with Crippen molar-refractivity contribution in [2.24, 2.45) is 16.6 Å². The number of amides is 1. The summed E-state index contributed by atoms with van der Waals surface area (Å²) in [6.07, 6.45) is 3.91. The fourth-order valence-electron chi connectivity index (χ4n) is 4.60. The van der Waals surface area contributed by atoms with E-state index in [0.717, 1.165) is 31.6 Å². The first kappa shape index (κ1) is 25.8. The van der Waals surface area contributed by atoms with Crippen molar-refractivity contribution in [2.75, 3.05) is 23.7 Å². The highest BCUT2D eigenvalue weighted by Gasteiger charge is 2.27. The van der Waals surface area contributed by atoms with E-state index in [0.29, 0.717) is 51.9 Å². The third-order valence-corrected chi connectivity index (χ3v) is 6.98. The predicted octanol–water partition coefficient (Wildman–Crippen LogP) is 4.30. The van der Waals surface area contributed by atoms with Gasteiger partial charge in [0.1, 0.15) is 18.1 Å². The Hall–Kier alpha value is -3.82. The Morgan fingerprint density at radius 2 is 2.11 bits per heavy atom. The second-order valence-electron chi connectivity index (χ2n) is 9.36. The number of hydrogen-bond acceptors (Lipinski definition) is 8. The van der Waals surface area contributed by atoms with E-state index < -0.39 is 11.9 Å². The van der Waals surface area contributed by atoms with Crippen molar-refractivity contribution >= 4 is 34.8 Å². The average molecular weight is 534 g/mol. The summed E-state index contributed by atoms with van der Waals surface area (Å²) in [5, 5.41) is 10.2. The molecule has 2 atom stereocenters. The molecule has 2 unspecified atom stereocenters. The van der Waals surface area contributed by atoms with Crippen LogP contribution in [0.15, 0.2) is 59.7 Å². The zero-order chi connectivity index (χ0) is 26.5. The molecule has 1 radical (unpaired) electrons. The first-order valence-corrected chi connectivity index (χ1v) is 13.0. The van der Waals surface area contributed by atoms with Crippen molar-refractivity contribution in [2.45, 2.75) is 38.5 Å². The maximum atomic E-state index is 12.2. The molecule has 9 nitrogen and oxygen atoms in total. The Labute approximate surface area is 226 Å². The maximum absolute atomic E-state index is 12.2. The average Bonchev–Trinajstić information content (AvgIpc) is 2.93. The van der Waals surface area contributed by atoms with Gasteiger partial charge >= 0.3 is 0 Å². The number of primary amides is 1. The number of guanidine groups is 1. The first-order chi connectivity index (χ1) is 18.5. The van der Waals surface area contributed by atoms with Crippen molar-refractivity contribution in [3.63, 3.8) is 0 Å². The van der Waals surface area contributed by atoms with Crippen LogP contribution in [0.25, 0.3) is 0 Å². The van der Waals surface area contributed by atoms with Crippen LogP contribution in [-0.4, -0.2) is 36.0 Å². The number of ether oxygens (including phenoxy) is 2. The molecule has 5 rings (SSSR count). The third-order valence-electron chi connectivity index (χ3n) is 6.69. The van der Waals surface area contributed by atoms with E-state index in [9.17, 15) is 4.79 Å². The Bertz CT molecular complexity index is 1310. The summed E-state index contributed by atoms with van der Waals surface area (Å²) in [7, 11) is 0. The van der Waals surface area contributed by atoms with E-state index in [1.807, 2.05) is 30.3 Å². The van der Waals surface area contributed by atoms with Crippen LogP contribution in [0.5, 0.6) is 11.5 Å². The van der Waals surface area contributed by atoms with Crippen molar-refractivity contribution in [3.8, 4) is 11.5 Å². The van der Waals surface area contributed by atoms with Crippen LogP contribution < -0.4 is 31.2 Å². The summed E-state index contributed by atoms with van der Waals surface area (Å²) >= 11 is 6.46. The summed E-state index contributed by atoms with van der Waals surface area (Å²) < 4.78 is 12.0. The van der Waals surface area contributed by atoms with Gasteiger partial charge in [0.2, 0.25) is 11.9 Å². The third kappa shape index (κ3) is 6.17. The van der Waals surface area contributed by atoms with Gasteiger partial charge in [0, 0.05) is 29.6 Å². The van der Waals surface area contributed by atoms with Crippen LogP contribution in [0.3, 0.4) is 0 Å². The van der Waals surface area contributed by atoms with Crippen molar-refractivity contribution in [1.29, 1.82) is 0 Å². The molecule has 197 valence electrons. The summed E-state index contributed by atoms with van der Waals surface area (Å²) in [5.41, 5.74) is 8.47. The van der Waals surface area contributed by atoms with E-state index in [1.165, 1.54) is 0 Å². The lowest BCUT2D eigenvalue weighted by Crippen LogP contribution is -2.35. The van der Waals surface area contributed by atoms with Gasteiger partial charge in [-0.15, -0.1) is 0 Å². The largest absolute Gasteiger partial charge is 0.490 e. The number of hydrogen-bond donors (Lipinski definition) is 4. The molecule has 2 aromatic carbocycles. The van der Waals surface area contributed by atoms with Gasteiger partial charge in [0.15, 0.2) is 6.04 Å². The predicted molar refractivity (Wildman–Crippen MR) is 148 cm³/mol. The number of aromatic nitrogens is 1. The number of pyridine rings is 1. The molecule has 0 bridgehead atoms. The maximum Gasteiger partial charge on any atom is 0.247 e. The van der Waals surface area contributed by atoms with Crippen molar-refractivity contribution < 1.29 is 14.3 Å². The van der Waals surface area contributed by atoms with E-state index in [4.69, 9.17) is 26.8 Å². The van der Waals surface area contributed by atoms with E-state index in [2.05, 4.69) is 38.9 Å². The van der Waals surface area contributed by atoms with Crippen LogP contribution in [0.1, 0.15) is 37.1 Å². The Morgan fingerprint density at radius 1 is 1.26 bits per heavy atom. The molecule has 0 spiro atoms. The molecule has 1 saturated heterocycles. The normalized spacial score (nSPS) is 17.9. The molecule has 0 saturated carbocycles. The fourth-order valence-corrected chi connectivity index (χ4v) is 4.84. The molecule has 2 aliphatic heterocycles. The van der Waals surface area contributed by atoms with Crippen LogP contribution in [-0.2, 0) is 11.4 Å². The highest BCUT2D eigenvalue weighted by atomic mass is 35.5. The van der Waals surface area contributed by atoms with Crippen LogP contribution in [0.4, 0.5) is 11.4 Å². The summed E-state index contributed by atoms with van der Waals surface area (Å²) in [6, 6.07) is 16.8. The number of carbonyl (C=O) groups is 1. The summed E-state index contributed by atoms with van der Waals surface area (Å²) in [6.45, 7) is 4.39. The van der Waals surface area contributed by atoms with Gasteiger partial charge in [-0.05, 0) is 75.2 Å². The van der Waals surface area contributed by atoms with E-state index >= 15 is 0 Å². The number of rotatable bonds is 8. The zero-order valence-electron chi connectivity index (χ0n) is 21.0. The lowest BCUT2D eigenvalue weighted by Gasteiger charge is -2.29. The molecule has 0 aliphatic carbocycles. The number of halogens is 1. The van der Waals surface area contributed by atoms with Gasteiger partial charge in [-0.2, -0.15) is 0 Å². The molecule has 1 fully saturated rings. The minimum atomic E-state index is -0.864. The van der Waals surface area contributed by atoms with Crippen molar-refractivity contribution in [3.05, 3.63) is 77.1 Å². The number of carbonyl (C=O) groups excluding carboxylic acids is 1. The highest BCUT2D eigenvalue weighted by molar-refractivity contribution is 6.32. The number of aliphatic imine (C=N–C) groups is 1. The number of nitrogens with one attached hydrogen (secondary N) is 3. The van der Waals surface area contributed by atoms with Crippen molar-refractivity contribution in [1.82, 2.24) is 10.3 Å². The minimum Gasteiger partial charge on any atom is -0.490 e. The van der Waals surface area contributed by atoms with Crippen LogP contribution >= 0.6 is 11.6 Å². The fraction of sp³-hybridized carbons (Fsp3) is 0.321. The van der Waals surface area contributed by atoms with Gasteiger partial charge in [-0.25, -0.2) is 4.99 Å². The number of benzene rings is 2. The molecular formula is C28H30ClN6O3. The Morgan fingerprint density at radius 3 is 2.84 bits per heavy atom. The second-order valence-corrected chi connectivity index (χ2v) is 9.77. The Kier molecular flexibility index (Phi) is 7.95. The highest BCUT2D eigenvalue weighted by Crippen LogP contribution is 2.34. The molecule has 2 aliphatic rings. The van der Waals surface area contributed by atoms with Gasteiger partial charge in [-0.3, -0.25) is 9.78 Å². The second kappa shape index (κ2) is 11.7. The van der Waals surface area contributed by atoms with E-state index in [-0.39, 0.29) is 6.10 Å². The molecule has 3 aromatic rings. The topological polar surface area (TPSA) is 123 Å². The number of nitrogens with two attached hydrogens (primary N) is 1. The first-order valence-electron chi connectivity index (χ1n) is 12.6. The number of anilines is 2. The zero-order valence-corrected chi connectivity index (χ0v) is 21.8. The molecule has 3 heterocycles. The lowest BCUT2D eigenvalue weighted by atomic mass is 9.93. The SMILES string of the molecule is CC(Oc1[c]cc2c(c1)NC(Nc1ccc(OCc3ccccn3)c(Cl)c1)=NC2C(N)=O)C1CCNCC1. The van der Waals surface area contributed by atoms with Crippen LogP contribution in [0.2, 0.25) is 5.02 Å². The monoisotopic (exact) mass is 533 g/mol. The molecule has 1 amide bonds.